The van der Waals surface area contributed by atoms with Crippen LogP contribution in [-0.4, -0.2) is 35.6 Å². The monoisotopic (exact) mass is 426 g/mol. The van der Waals surface area contributed by atoms with E-state index in [1.54, 1.807) is 0 Å². The molecular weight excluding hydrogens is 409 g/mol. The Kier molecular flexibility index (Phi) is 5.03. The molecule has 0 fully saturated rings. The standard InChI is InChI=1S/C18H17F3N4O3S/c1-9(2)29(27,28)25-14-8-10(4-7-13(14)23-18(25)22)24(3)17(26)11-5-6-12(19)16(21)15(11)20/h4-9H,1-3H3,(H2,22,23). The van der Waals surface area contributed by atoms with Crippen molar-refractivity contribution in [3.8, 4) is 0 Å². The van der Waals surface area contributed by atoms with Crippen molar-refractivity contribution in [2.24, 2.45) is 0 Å². The smallest absolute Gasteiger partial charge is 0.261 e. The van der Waals surface area contributed by atoms with Gasteiger partial charge in [-0.05, 0) is 44.2 Å². The molecule has 0 aliphatic rings. The number of nitrogens with two attached hydrogens (primary N) is 1. The zero-order chi connectivity index (χ0) is 21.7. The third-order valence-electron chi connectivity index (χ3n) is 4.43. The van der Waals surface area contributed by atoms with Crippen LogP contribution in [0.3, 0.4) is 0 Å². The summed E-state index contributed by atoms with van der Waals surface area (Å²) in [4.78, 5) is 17.6. The van der Waals surface area contributed by atoms with Gasteiger partial charge in [0.05, 0.1) is 21.8 Å². The molecule has 2 aromatic carbocycles. The lowest BCUT2D eigenvalue weighted by Gasteiger charge is -2.18. The number of carbonyl (C=O) groups is 1. The van der Waals surface area contributed by atoms with Crippen LogP contribution in [0, 0.1) is 17.5 Å². The quantitative estimate of drug-likeness (QED) is 0.647. The topological polar surface area (TPSA) is 98.3 Å². The molecule has 0 saturated carbocycles. The maximum Gasteiger partial charge on any atom is 0.261 e. The first kappa shape index (κ1) is 20.6. The van der Waals surface area contributed by atoms with E-state index in [0.717, 1.165) is 14.9 Å². The predicted octanol–water partition coefficient (Wildman–Crippen LogP) is 2.90. The Bertz CT molecular complexity index is 1240. The van der Waals surface area contributed by atoms with Crippen LogP contribution < -0.4 is 10.6 Å². The van der Waals surface area contributed by atoms with Crippen LogP contribution in [0.25, 0.3) is 11.0 Å². The third-order valence-corrected chi connectivity index (χ3v) is 6.51. The molecule has 0 radical (unpaired) electrons. The molecule has 0 spiro atoms. The van der Waals surface area contributed by atoms with Crippen LogP contribution >= 0.6 is 0 Å². The minimum atomic E-state index is -3.85. The summed E-state index contributed by atoms with van der Waals surface area (Å²) in [5.41, 5.74) is 5.67. The van der Waals surface area contributed by atoms with E-state index in [2.05, 4.69) is 4.98 Å². The van der Waals surface area contributed by atoms with Crippen molar-refractivity contribution in [3.05, 3.63) is 53.3 Å². The van der Waals surface area contributed by atoms with Gasteiger partial charge in [-0.3, -0.25) is 4.79 Å². The summed E-state index contributed by atoms with van der Waals surface area (Å²) in [7, 11) is -2.57. The molecule has 0 atom stereocenters. The van der Waals surface area contributed by atoms with Gasteiger partial charge in [0, 0.05) is 12.7 Å². The Morgan fingerprint density at radius 2 is 1.79 bits per heavy atom. The number of benzene rings is 2. The summed E-state index contributed by atoms with van der Waals surface area (Å²) < 4.78 is 66.7. The average molecular weight is 426 g/mol. The maximum absolute atomic E-state index is 14.0. The van der Waals surface area contributed by atoms with Gasteiger partial charge in [-0.25, -0.2) is 30.5 Å². The number of carbonyl (C=O) groups excluding carboxylic acids is 1. The Hall–Kier alpha value is -3.08. The van der Waals surface area contributed by atoms with Crippen molar-refractivity contribution in [3.63, 3.8) is 0 Å². The van der Waals surface area contributed by atoms with E-state index in [1.165, 1.54) is 39.1 Å². The second kappa shape index (κ2) is 7.07. The van der Waals surface area contributed by atoms with Crippen LogP contribution in [0.1, 0.15) is 24.2 Å². The van der Waals surface area contributed by atoms with E-state index >= 15 is 0 Å². The van der Waals surface area contributed by atoms with E-state index < -0.39 is 44.2 Å². The van der Waals surface area contributed by atoms with Gasteiger partial charge in [-0.2, -0.15) is 0 Å². The van der Waals surface area contributed by atoms with Gasteiger partial charge in [0.25, 0.3) is 5.91 Å². The Morgan fingerprint density at radius 3 is 2.41 bits per heavy atom. The number of nitrogens with zero attached hydrogens (tertiary/aromatic N) is 3. The predicted molar refractivity (Wildman–Crippen MR) is 103 cm³/mol. The summed E-state index contributed by atoms with van der Waals surface area (Å²) in [6.45, 7) is 2.96. The fourth-order valence-corrected chi connectivity index (χ4v) is 3.88. The summed E-state index contributed by atoms with van der Waals surface area (Å²) >= 11 is 0. The number of rotatable bonds is 4. The molecule has 154 valence electrons. The number of anilines is 2. The fraction of sp³-hybridized carbons (Fsp3) is 0.222. The lowest BCUT2D eigenvalue weighted by molar-refractivity contribution is 0.0988. The molecule has 29 heavy (non-hydrogen) atoms. The number of imidazole rings is 1. The molecule has 1 aromatic heterocycles. The number of aromatic nitrogens is 2. The molecule has 7 nitrogen and oxygen atoms in total. The third kappa shape index (κ3) is 3.31. The van der Waals surface area contributed by atoms with Crippen LogP contribution in [0.2, 0.25) is 0 Å². The van der Waals surface area contributed by atoms with Crippen LogP contribution in [0.15, 0.2) is 30.3 Å². The Balaban J connectivity index is 2.11. The van der Waals surface area contributed by atoms with E-state index in [-0.39, 0.29) is 22.7 Å². The fourth-order valence-electron chi connectivity index (χ4n) is 2.74. The maximum atomic E-state index is 14.0. The Labute approximate surface area is 164 Å². The van der Waals surface area contributed by atoms with E-state index in [1.807, 2.05) is 0 Å². The van der Waals surface area contributed by atoms with Crippen molar-refractivity contribution in [1.29, 1.82) is 0 Å². The van der Waals surface area contributed by atoms with Gasteiger partial charge in [0.2, 0.25) is 16.0 Å². The van der Waals surface area contributed by atoms with Gasteiger partial charge >= 0.3 is 0 Å². The van der Waals surface area contributed by atoms with Crippen LogP contribution in [0.4, 0.5) is 24.8 Å². The normalized spacial score (nSPS) is 12.0. The minimum Gasteiger partial charge on any atom is -0.368 e. The second-order valence-electron chi connectivity index (χ2n) is 6.59. The number of hydrogen-bond donors (Lipinski definition) is 1. The number of amides is 1. The molecule has 0 bridgehead atoms. The molecule has 0 aliphatic carbocycles. The minimum absolute atomic E-state index is 0.124. The molecule has 2 N–H and O–H groups in total. The van der Waals surface area contributed by atoms with Crippen LogP contribution in [-0.2, 0) is 10.0 Å². The van der Waals surface area contributed by atoms with E-state index in [9.17, 15) is 26.4 Å². The molecular formula is C18H17F3N4O3S. The summed E-state index contributed by atoms with van der Waals surface area (Å²) in [5.74, 6) is -5.98. The summed E-state index contributed by atoms with van der Waals surface area (Å²) in [6.07, 6.45) is 0. The van der Waals surface area contributed by atoms with E-state index in [0.29, 0.717) is 6.07 Å². The van der Waals surface area contributed by atoms with Gasteiger partial charge in [0.15, 0.2) is 17.5 Å². The van der Waals surface area contributed by atoms with Crippen molar-refractivity contribution in [2.45, 2.75) is 19.1 Å². The largest absolute Gasteiger partial charge is 0.368 e. The molecule has 0 saturated heterocycles. The van der Waals surface area contributed by atoms with Crippen molar-refractivity contribution in [1.82, 2.24) is 8.96 Å². The van der Waals surface area contributed by atoms with Gasteiger partial charge in [0.1, 0.15) is 0 Å². The number of fused-ring (bicyclic) bond motifs is 1. The first-order valence-corrected chi connectivity index (χ1v) is 9.91. The average Bonchev–Trinajstić information content (AvgIpc) is 3.00. The molecule has 3 rings (SSSR count). The molecule has 11 heteroatoms. The van der Waals surface area contributed by atoms with Gasteiger partial charge < -0.3 is 10.6 Å². The van der Waals surface area contributed by atoms with Crippen molar-refractivity contribution in [2.75, 3.05) is 17.7 Å². The number of hydrogen-bond acceptors (Lipinski definition) is 5. The Morgan fingerprint density at radius 1 is 1.14 bits per heavy atom. The molecule has 0 aliphatic heterocycles. The van der Waals surface area contributed by atoms with Gasteiger partial charge in [-0.15, -0.1) is 0 Å². The molecule has 0 unspecified atom stereocenters. The highest BCUT2D eigenvalue weighted by atomic mass is 32.2. The molecule has 1 amide bonds. The van der Waals surface area contributed by atoms with Crippen LogP contribution in [0.5, 0.6) is 0 Å². The zero-order valence-electron chi connectivity index (χ0n) is 15.6. The zero-order valence-corrected chi connectivity index (χ0v) is 16.5. The highest BCUT2D eigenvalue weighted by Gasteiger charge is 2.26. The first-order chi connectivity index (χ1) is 13.5. The summed E-state index contributed by atoms with van der Waals surface area (Å²) in [5, 5.41) is -0.790. The highest BCUT2D eigenvalue weighted by Crippen LogP contribution is 2.28. The second-order valence-corrected chi connectivity index (χ2v) is 8.93. The van der Waals surface area contributed by atoms with Crippen molar-refractivity contribution >= 4 is 38.6 Å². The number of halogens is 3. The number of nitrogen functional groups attached to an aromatic ring is 1. The summed E-state index contributed by atoms with van der Waals surface area (Å²) in [6, 6.07) is 5.70. The molecule has 3 aromatic rings. The van der Waals surface area contributed by atoms with Gasteiger partial charge in [-0.1, -0.05) is 0 Å². The lowest BCUT2D eigenvalue weighted by atomic mass is 10.1. The first-order valence-electron chi connectivity index (χ1n) is 8.40. The van der Waals surface area contributed by atoms with Crippen molar-refractivity contribution < 1.29 is 26.4 Å². The lowest BCUT2D eigenvalue weighted by Crippen LogP contribution is -2.28. The SMILES string of the molecule is CC(C)S(=O)(=O)n1c(N)nc2ccc(N(C)C(=O)c3ccc(F)c(F)c3F)cc21. The van der Waals surface area contributed by atoms with E-state index in [4.69, 9.17) is 5.73 Å². The highest BCUT2D eigenvalue weighted by molar-refractivity contribution is 7.90. The molecule has 1 heterocycles.